The van der Waals surface area contributed by atoms with Gasteiger partial charge in [0.2, 0.25) is 10.0 Å². The number of hydrogen-bond acceptors (Lipinski definition) is 4. The molecule has 0 saturated carbocycles. The van der Waals surface area contributed by atoms with Crippen molar-refractivity contribution in [3.05, 3.63) is 24.0 Å². The molecule has 1 aromatic carbocycles. The summed E-state index contributed by atoms with van der Waals surface area (Å²) in [5.74, 6) is -0.620. The van der Waals surface area contributed by atoms with Gasteiger partial charge in [0.15, 0.2) is 0 Å². The Morgan fingerprint density at radius 1 is 1.33 bits per heavy atom. The van der Waals surface area contributed by atoms with Gasteiger partial charge in [-0.05, 0) is 37.7 Å². The van der Waals surface area contributed by atoms with Gasteiger partial charge in [-0.3, -0.25) is 0 Å². The number of halogens is 1. The van der Waals surface area contributed by atoms with E-state index in [2.05, 4.69) is 10.6 Å². The van der Waals surface area contributed by atoms with Gasteiger partial charge in [0.25, 0.3) is 0 Å². The maximum absolute atomic E-state index is 13.6. The van der Waals surface area contributed by atoms with Crippen molar-refractivity contribution in [1.29, 1.82) is 0 Å². The maximum atomic E-state index is 13.6. The minimum Gasteiger partial charge on any atom is -0.383 e. The Balaban J connectivity index is 2.58. The van der Waals surface area contributed by atoms with Crippen molar-refractivity contribution in [3.63, 3.8) is 0 Å². The fourth-order valence-electron chi connectivity index (χ4n) is 1.43. The largest absolute Gasteiger partial charge is 0.383 e. The number of rotatable bonds is 7. The summed E-state index contributed by atoms with van der Waals surface area (Å²) in [6.07, 6.45) is 0.851. The molecule has 18 heavy (non-hydrogen) atoms. The van der Waals surface area contributed by atoms with Gasteiger partial charge in [-0.15, -0.1) is 0 Å². The minimum atomic E-state index is -3.85. The van der Waals surface area contributed by atoms with Crippen molar-refractivity contribution in [2.75, 3.05) is 25.0 Å². The molecule has 0 aliphatic carbocycles. The Morgan fingerprint density at radius 3 is 2.61 bits per heavy atom. The molecule has 7 heteroatoms. The summed E-state index contributed by atoms with van der Waals surface area (Å²) in [5.41, 5.74) is 0.277. The van der Waals surface area contributed by atoms with E-state index in [1.54, 1.807) is 0 Å². The smallest absolute Gasteiger partial charge is 0.238 e. The topological polar surface area (TPSA) is 84.2 Å². The first-order chi connectivity index (χ1) is 8.45. The van der Waals surface area contributed by atoms with Crippen molar-refractivity contribution < 1.29 is 12.8 Å². The highest BCUT2D eigenvalue weighted by Gasteiger charge is 2.11. The first-order valence-corrected chi connectivity index (χ1v) is 7.26. The highest BCUT2D eigenvalue weighted by atomic mass is 32.2. The van der Waals surface area contributed by atoms with E-state index < -0.39 is 15.8 Å². The van der Waals surface area contributed by atoms with Crippen molar-refractivity contribution in [3.8, 4) is 0 Å². The van der Waals surface area contributed by atoms with E-state index >= 15 is 0 Å². The molecule has 0 fully saturated rings. The summed E-state index contributed by atoms with van der Waals surface area (Å²) in [6, 6.07) is 3.58. The molecule has 5 nitrogen and oxygen atoms in total. The second-order valence-corrected chi connectivity index (χ2v) is 5.38. The number of benzene rings is 1. The SMILES string of the molecule is CCNCCCNc1ccc(S(N)(=O)=O)cc1F. The highest BCUT2D eigenvalue weighted by molar-refractivity contribution is 7.89. The lowest BCUT2D eigenvalue weighted by Crippen LogP contribution is -2.17. The molecule has 0 bridgehead atoms. The van der Waals surface area contributed by atoms with E-state index in [0.29, 0.717) is 6.54 Å². The van der Waals surface area contributed by atoms with Crippen LogP contribution in [0.4, 0.5) is 10.1 Å². The number of sulfonamides is 1. The quantitative estimate of drug-likeness (QED) is 0.645. The molecule has 0 atom stereocenters. The van der Waals surface area contributed by atoms with Crippen LogP contribution in [-0.4, -0.2) is 28.1 Å². The predicted molar refractivity (Wildman–Crippen MR) is 69.4 cm³/mol. The molecule has 0 aliphatic rings. The molecule has 0 radical (unpaired) electrons. The Kier molecular flexibility index (Phi) is 5.52. The Morgan fingerprint density at radius 2 is 2.06 bits per heavy atom. The predicted octanol–water partition coefficient (Wildman–Crippen LogP) is 0.885. The summed E-state index contributed by atoms with van der Waals surface area (Å²) < 4.78 is 35.6. The molecule has 4 N–H and O–H groups in total. The van der Waals surface area contributed by atoms with Gasteiger partial charge in [-0.2, -0.15) is 0 Å². The fourth-order valence-corrected chi connectivity index (χ4v) is 1.95. The lowest BCUT2D eigenvalue weighted by Gasteiger charge is -2.08. The van der Waals surface area contributed by atoms with Crippen molar-refractivity contribution in [1.82, 2.24) is 5.32 Å². The van der Waals surface area contributed by atoms with E-state index in [9.17, 15) is 12.8 Å². The molecule has 0 amide bonds. The number of primary sulfonamides is 1. The lowest BCUT2D eigenvalue weighted by atomic mass is 10.3. The second kappa shape index (κ2) is 6.67. The number of nitrogens with two attached hydrogens (primary N) is 1. The highest BCUT2D eigenvalue weighted by Crippen LogP contribution is 2.17. The van der Waals surface area contributed by atoms with Gasteiger partial charge >= 0.3 is 0 Å². The molecule has 1 aromatic rings. The maximum Gasteiger partial charge on any atom is 0.238 e. The number of nitrogens with one attached hydrogen (secondary N) is 2. The van der Waals surface area contributed by atoms with Crippen LogP contribution in [0.25, 0.3) is 0 Å². The zero-order valence-corrected chi connectivity index (χ0v) is 11.1. The lowest BCUT2D eigenvalue weighted by molar-refractivity contribution is 0.592. The third kappa shape index (κ3) is 4.59. The molecule has 0 aliphatic heterocycles. The van der Waals surface area contributed by atoms with E-state index in [0.717, 1.165) is 25.6 Å². The number of anilines is 1. The van der Waals surface area contributed by atoms with Crippen LogP contribution in [0.2, 0.25) is 0 Å². The van der Waals surface area contributed by atoms with E-state index in [1.807, 2.05) is 6.92 Å². The average Bonchev–Trinajstić information content (AvgIpc) is 2.29. The molecular weight excluding hydrogens is 257 g/mol. The minimum absolute atomic E-state index is 0.224. The molecule has 0 heterocycles. The van der Waals surface area contributed by atoms with Gasteiger partial charge in [-0.1, -0.05) is 6.92 Å². The zero-order chi connectivity index (χ0) is 13.6. The molecule has 1 rings (SSSR count). The van der Waals surface area contributed by atoms with E-state index in [1.165, 1.54) is 12.1 Å². The summed E-state index contributed by atoms with van der Waals surface area (Å²) in [7, 11) is -3.85. The Bertz CT molecular complexity index is 491. The first kappa shape index (κ1) is 14.9. The standard InChI is InChI=1S/C11H18FN3O2S/c1-2-14-6-3-7-15-11-5-4-9(8-10(11)12)18(13,16)17/h4-5,8,14-15H,2-3,6-7H2,1H3,(H2,13,16,17). The zero-order valence-electron chi connectivity index (χ0n) is 10.2. The van der Waals surface area contributed by atoms with Crippen LogP contribution in [0.15, 0.2) is 23.1 Å². The van der Waals surface area contributed by atoms with Crippen molar-refractivity contribution >= 4 is 15.7 Å². The molecular formula is C11H18FN3O2S. The normalized spacial score (nSPS) is 11.5. The summed E-state index contributed by atoms with van der Waals surface area (Å²) in [5, 5.41) is 11.0. The summed E-state index contributed by atoms with van der Waals surface area (Å²) >= 11 is 0. The van der Waals surface area contributed by atoms with Gasteiger partial charge in [0, 0.05) is 6.54 Å². The second-order valence-electron chi connectivity index (χ2n) is 3.82. The van der Waals surface area contributed by atoms with Crippen LogP contribution >= 0.6 is 0 Å². The molecule has 0 aromatic heterocycles. The summed E-state index contributed by atoms with van der Waals surface area (Å²) in [6.45, 7) is 4.37. The Hall–Kier alpha value is -1.18. The summed E-state index contributed by atoms with van der Waals surface area (Å²) in [4.78, 5) is -0.224. The Labute approximate surface area is 107 Å². The van der Waals surface area contributed by atoms with Gasteiger partial charge in [-0.25, -0.2) is 17.9 Å². The molecule has 0 unspecified atom stereocenters. The monoisotopic (exact) mass is 275 g/mol. The van der Waals surface area contributed by atoms with Gasteiger partial charge in [0.05, 0.1) is 10.6 Å². The van der Waals surface area contributed by atoms with E-state index in [-0.39, 0.29) is 10.6 Å². The van der Waals surface area contributed by atoms with Crippen molar-refractivity contribution in [2.45, 2.75) is 18.2 Å². The van der Waals surface area contributed by atoms with Crippen LogP contribution in [0.1, 0.15) is 13.3 Å². The van der Waals surface area contributed by atoms with Gasteiger partial charge in [0.1, 0.15) is 5.82 Å². The number of hydrogen-bond donors (Lipinski definition) is 3. The van der Waals surface area contributed by atoms with Crippen LogP contribution in [0, 0.1) is 5.82 Å². The van der Waals surface area contributed by atoms with Gasteiger partial charge < -0.3 is 10.6 Å². The van der Waals surface area contributed by atoms with Crippen LogP contribution in [0.5, 0.6) is 0 Å². The fraction of sp³-hybridized carbons (Fsp3) is 0.455. The molecule has 0 spiro atoms. The van der Waals surface area contributed by atoms with E-state index in [4.69, 9.17) is 5.14 Å². The average molecular weight is 275 g/mol. The van der Waals surface area contributed by atoms with Crippen LogP contribution in [-0.2, 0) is 10.0 Å². The van der Waals surface area contributed by atoms with Crippen molar-refractivity contribution in [2.24, 2.45) is 5.14 Å². The third-order valence-corrected chi connectivity index (χ3v) is 3.28. The molecule has 102 valence electrons. The first-order valence-electron chi connectivity index (χ1n) is 5.72. The van der Waals surface area contributed by atoms with Crippen LogP contribution < -0.4 is 15.8 Å². The van der Waals surface area contributed by atoms with Crippen LogP contribution in [0.3, 0.4) is 0 Å². The third-order valence-electron chi connectivity index (χ3n) is 2.36. The molecule has 0 saturated heterocycles.